The van der Waals surface area contributed by atoms with Crippen molar-refractivity contribution in [2.24, 2.45) is 5.92 Å². The molecule has 1 saturated carbocycles. The minimum Gasteiger partial charge on any atom is -0.492 e. The average Bonchev–Trinajstić information content (AvgIpc) is 3.28. The molecule has 34 heavy (non-hydrogen) atoms. The Balaban J connectivity index is 1.30. The normalized spacial score (nSPS) is 18.1. The first-order valence-electron chi connectivity index (χ1n) is 11.7. The summed E-state index contributed by atoms with van der Waals surface area (Å²) in [7, 11) is 1.32. The van der Waals surface area contributed by atoms with Gasteiger partial charge in [0.05, 0.1) is 42.6 Å². The van der Waals surface area contributed by atoms with Crippen molar-refractivity contribution in [2.45, 2.75) is 44.6 Å². The van der Waals surface area contributed by atoms with Crippen molar-refractivity contribution < 1.29 is 24.1 Å². The van der Waals surface area contributed by atoms with Crippen molar-refractivity contribution in [3.63, 3.8) is 0 Å². The summed E-state index contributed by atoms with van der Waals surface area (Å²) in [6, 6.07) is 7.89. The second-order valence-corrected chi connectivity index (χ2v) is 9.39. The van der Waals surface area contributed by atoms with Gasteiger partial charge in [-0.2, -0.15) is 5.10 Å². The molecule has 1 N–H and O–H groups in total. The number of aliphatic hydroxyl groups excluding tert-OH is 1. The zero-order valence-electron chi connectivity index (χ0n) is 19.3. The first-order chi connectivity index (χ1) is 16.6. The lowest BCUT2D eigenvalue weighted by Gasteiger charge is -2.28. The first kappa shape index (κ1) is 24.5. The molecule has 0 saturated heterocycles. The Hall–Kier alpha value is -2.65. The molecule has 0 aliphatic heterocycles. The van der Waals surface area contributed by atoms with Crippen molar-refractivity contribution in [1.29, 1.82) is 0 Å². The summed E-state index contributed by atoms with van der Waals surface area (Å²) in [5.41, 5.74) is 1.25. The van der Waals surface area contributed by atoms with E-state index in [9.17, 15) is 9.90 Å². The van der Waals surface area contributed by atoms with Crippen LogP contribution >= 0.6 is 15.9 Å². The lowest BCUT2D eigenvalue weighted by molar-refractivity contribution is 0.0588. The van der Waals surface area contributed by atoms with Crippen LogP contribution in [0.2, 0.25) is 0 Å². The molecule has 3 aromatic rings. The molecule has 1 aliphatic carbocycles. The van der Waals surface area contributed by atoms with Crippen molar-refractivity contribution in [3.8, 4) is 11.5 Å². The van der Waals surface area contributed by atoms with Gasteiger partial charge in [-0.3, -0.25) is 4.68 Å². The van der Waals surface area contributed by atoms with Gasteiger partial charge in [-0.1, -0.05) is 0 Å². The van der Waals surface area contributed by atoms with E-state index in [2.05, 4.69) is 36.8 Å². The van der Waals surface area contributed by atoms with Crippen molar-refractivity contribution in [1.82, 2.24) is 14.8 Å². The summed E-state index contributed by atoms with van der Waals surface area (Å²) in [5, 5.41) is 15.1. The van der Waals surface area contributed by atoms with E-state index in [1.54, 1.807) is 12.1 Å². The SMILES string of the molecule is COC(=O)c1ncccc1OCCCCOc1cc2c(cnn2C2CCC(CO)CC2)cc1Br. The third kappa shape index (κ3) is 5.70. The number of methoxy groups -OCH3 is 1. The highest BCUT2D eigenvalue weighted by molar-refractivity contribution is 9.10. The Morgan fingerprint density at radius 3 is 2.59 bits per heavy atom. The van der Waals surface area contributed by atoms with Crippen LogP contribution in [-0.4, -0.2) is 52.8 Å². The lowest BCUT2D eigenvalue weighted by atomic mass is 9.86. The van der Waals surface area contributed by atoms with E-state index in [-0.39, 0.29) is 12.3 Å². The molecule has 2 aromatic heterocycles. The fourth-order valence-corrected chi connectivity index (χ4v) is 4.82. The molecule has 0 amide bonds. The summed E-state index contributed by atoms with van der Waals surface area (Å²) in [6.07, 6.45) is 9.12. The second-order valence-electron chi connectivity index (χ2n) is 8.53. The highest BCUT2D eigenvalue weighted by Crippen LogP contribution is 2.36. The van der Waals surface area contributed by atoms with Crippen LogP contribution in [-0.2, 0) is 4.74 Å². The van der Waals surface area contributed by atoms with Gasteiger partial charge in [-0.05, 0) is 78.6 Å². The number of aliphatic hydroxyl groups is 1. The Labute approximate surface area is 207 Å². The molecule has 0 radical (unpaired) electrons. The van der Waals surface area contributed by atoms with Gasteiger partial charge >= 0.3 is 5.97 Å². The number of benzene rings is 1. The predicted octanol–water partition coefficient (Wildman–Crippen LogP) is 4.94. The summed E-state index contributed by atoms with van der Waals surface area (Å²) < 4.78 is 19.5. The molecule has 0 spiro atoms. The number of ether oxygens (including phenoxy) is 3. The van der Waals surface area contributed by atoms with Gasteiger partial charge < -0.3 is 19.3 Å². The second kappa shape index (κ2) is 11.7. The number of esters is 1. The quantitative estimate of drug-likeness (QED) is 0.292. The maximum Gasteiger partial charge on any atom is 0.360 e. The molecule has 1 fully saturated rings. The van der Waals surface area contributed by atoms with Crippen molar-refractivity contribution in [3.05, 3.63) is 46.8 Å². The van der Waals surface area contributed by atoms with Crippen molar-refractivity contribution >= 4 is 32.8 Å². The van der Waals surface area contributed by atoms with Crippen LogP contribution in [0.3, 0.4) is 0 Å². The van der Waals surface area contributed by atoms with E-state index >= 15 is 0 Å². The third-order valence-corrected chi connectivity index (χ3v) is 6.89. The van der Waals surface area contributed by atoms with E-state index in [4.69, 9.17) is 14.2 Å². The molecule has 2 heterocycles. The number of carbonyl (C=O) groups is 1. The van der Waals surface area contributed by atoms with E-state index in [1.807, 2.05) is 12.3 Å². The van der Waals surface area contributed by atoms with E-state index in [0.29, 0.717) is 30.9 Å². The number of hydrogen-bond donors (Lipinski definition) is 1. The Morgan fingerprint density at radius 2 is 1.88 bits per heavy atom. The Kier molecular flexibility index (Phi) is 8.39. The smallest absolute Gasteiger partial charge is 0.360 e. The molecule has 9 heteroatoms. The average molecular weight is 532 g/mol. The van der Waals surface area contributed by atoms with E-state index < -0.39 is 5.97 Å². The fraction of sp³-hybridized carbons (Fsp3) is 0.480. The lowest BCUT2D eigenvalue weighted by Crippen LogP contribution is -2.20. The van der Waals surface area contributed by atoms with Gasteiger partial charge in [-0.25, -0.2) is 9.78 Å². The monoisotopic (exact) mass is 531 g/mol. The maximum atomic E-state index is 11.8. The number of carbonyl (C=O) groups excluding carboxylic acids is 1. The van der Waals surface area contributed by atoms with Crippen molar-refractivity contribution in [2.75, 3.05) is 26.9 Å². The number of pyridine rings is 1. The highest BCUT2D eigenvalue weighted by atomic mass is 79.9. The zero-order chi connectivity index (χ0) is 23.9. The molecule has 8 nitrogen and oxygen atoms in total. The van der Waals surface area contributed by atoms with Crippen LogP contribution in [0.25, 0.3) is 10.9 Å². The maximum absolute atomic E-state index is 11.8. The van der Waals surface area contributed by atoms with Gasteiger partial charge in [0.2, 0.25) is 0 Å². The summed E-state index contributed by atoms with van der Waals surface area (Å²) >= 11 is 3.62. The van der Waals surface area contributed by atoms with Crippen LogP contribution in [0.1, 0.15) is 55.1 Å². The van der Waals surface area contributed by atoms with Gasteiger partial charge in [-0.15, -0.1) is 0 Å². The van der Waals surface area contributed by atoms with Gasteiger partial charge in [0.1, 0.15) is 5.75 Å². The van der Waals surface area contributed by atoms with Crippen LogP contribution in [0.4, 0.5) is 0 Å². The number of aromatic nitrogens is 3. The number of fused-ring (bicyclic) bond motifs is 1. The third-order valence-electron chi connectivity index (χ3n) is 6.27. The minimum atomic E-state index is -0.514. The zero-order valence-corrected chi connectivity index (χ0v) is 20.9. The molecular weight excluding hydrogens is 502 g/mol. The number of unbranched alkanes of at least 4 members (excludes halogenated alkanes) is 1. The van der Waals surface area contributed by atoms with Gasteiger partial charge in [0.15, 0.2) is 11.4 Å². The Bertz CT molecular complexity index is 1110. The molecule has 0 bridgehead atoms. The summed E-state index contributed by atoms with van der Waals surface area (Å²) in [4.78, 5) is 15.8. The summed E-state index contributed by atoms with van der Waals surface area (Å²) in [5.74, 6) is 1.12. The number of hydrogen-bond acceptors (Lipinski definition) is 7. The number of rotatable bonds is 10. The molecule has 0 atom stereocenters. The number of nitrogens with zero attached hydrogens (tertiary/aromatic N) is 3. The number of halogens is 1. The summed E-state index contributed by atoms with van der Waals surface area (Å²) in [6.45, 7) is 1.26. The largest absolute Gasteiger partial charge is 0.492 e. The van der Waals surface area contributed by atoms with Crippen LogP contribution < -0.4 is 9.47 Å². The molecule has 1 aliphatic rings. The van der Waals surface area contributed by atoms with Crippen LogP contribution in [0.5, 0.6) is 11.5 Å². The Morgan fingerprint density at radius 1 is 1.15 bits per heavy atom. The highest BCUT2D eigenvalue weighted by Gasteiger charge is 2.24. The van der Waals surface area contributed by atoms with Gasteiger partial charge in [0, 0.05) is 24.3 Å². The first-order valence-corrected chi connectivity index (χ1v) is 12.5. The molecule has 0 unspecified atom stereocenters. The standard InChI is InChI=1S/C25H30BrN3O5/c1-32-25(31)24-22(5-4-10-27-24)33-11-2-3-12-34-23-14-21-18(13-20(23)26)15-28-29(21)19-8-6-17(16-30)7-9-19/h4-5,10,13-15,17,19,30H,2-3,6-9,11-12,16H2,1H3. The molecule has 182 valence electrons. The molecular formula is C25H30BrN3O5. The van der Waals surface area contributed by atoms with Crippen LogP contribution in [0, 0.1) is 5.92 Å². The van der Waals surface area contributed by atoms with Gasteiger partial charge in [0.25, 0.3) is 0 Å². The van der Waals surface area contributed by atoms with Crippen LogP contribution in [0.15, 0.2) is 41.1 Å². The predicted molar refractivity (Wildman–Crippen MR) is 131 cm³/mol. The van der Waals surface area contributed by atoms with E-state index in [1.165, 1.54) is 13.3 Å². The molecule has 1 aromatic carbocycles. The molecule has 4 rings (SSSR count). The topological polar surface area (TPSA) is 95.7 Å². The fourth-order valence-electron chi connectivity index (χ4n) is 4.35. The van der Waals surface area contributed by atoms with E-state index in [0.717, 1.165) is 59.7 Å². The minimum absolute atomic E-state index is 0.181.